The van der Waals surface area contributed by atoms with E-state index in [-0.39, 0.29) is 11.4 Å². The molecule has 32 heavy (non-hydrogen) atoms. The Labute approximate surface area is 179 Å². The summed E-state index contributed by atoms with van der Waals surface area (Å²) < 4.78 is 0. The van der Waals surface area contributed by atoms with Gasteiger partial charge in [-0.15, -0.1) is 0 Å². The lowest BCUT2D eigenvalue weighted by Gasteiger charge is -2.03. The van der Waals surface area contributed by atoms with Gasteiger partial charge in [-0.1, -0.05) is 28.5 Å². The van der Waals surface area contributed by atoms with Gasteiger partial charge >= 0.3 is 11.9 Å². The van der Waals surface area contributed by atoms with Crippen molar-refractivity contribution in [2.24, 2.45) is 10.3 Å². The molecule has 0 atom stereocenters. The molecule has 12 heteroatoms. The smallest absolute Gasteiger partial charge is 0.312 e. The van der Waals surface area contributed by atoms with Crippen LogP contribution < -0.4 is 0 Å². The number of non-ortho nitro benzene ring substituents is 1. The number of allylic oxidation sites excluding steroid dienone is 4. The van der Waals surface area contributed by atoms with Gasteiger partial charge in [0.2, 0.25) is 0 Å². The molecule has 0 unspecified atom stereocenters. The van der Waals surface area contributed by atoms with Crippen molar-refractivity contribution in [2.45, 2.75) is 0 Å². The maximum Gasteiger partial charge on any atom is 0.372 e. The average molecular weight is 436 g/mol. The van der Waals surface area contributed by atoms with E-state index in [1.54, 1.807) is 30.3 Å². The lowest BCUT2D eigenvalue weighted by molar-refractivity contribution is -0.394. The molecule has 0 saturated heterocycles. The summed E-state index contributed by atoms with van der Waals surface area (Å²) in [7, 11) is 0. The van der Waals surface area contributed by atoms with E-state index in [1.807, 2.05) is 0 Å². The van der Waals surface area contributed by atoms with Crippen molar-refractivity contribution in [3.05, 3.63) is 104 Å². The SMILES string of the molecule is O=C(ON=C1C=CC(=NOC(=O)c2ccc([N+](=O)[O-])cc2[N+](=O)[O-])C=C1)c1ccccc1. The van der Waals surface area contributed by atoms with Crippen LogP contribution in [0.5, 0.6) is 0 Å². The number of rotatable bonds is 6. The predicted octanol–water partition coefficient (Wildman–Crippen LogP) is 3.35. The Bertz CT molecular complexity index is 1200. The number of nitro benzene ring substituents is 2. The van der Waals surface area contributed by atoms with Crippen molar-refractivity contribution >= 4 is 34.7 Å². The molecule has 12 nitrogen and oxygen atoms in total. The van der Waals surface area contributed by atoms with Crippen LogP contribution in [0.25, 0.3) is 0 Å². The molecular weight excluding hydrogens is 424 g/mol. The molecule has 0 aliphatic heterocycles. The molecule has 0 amide bonds. The molecule has 0 saturated carbocycles. The molecule has 0 bridgehead atoms. The van der Waals surface area contributed by atoms with Gasteiger partial charge in [-0.2, -0.15) is 0 Å². The molecule has 160 valence electrons. The molecule has 0 fully saturated rings. The summed E-state index contributed by atoms with van der Waals surface area (Å²) in [6.07, 6.45) is 5.65. The molecule has 3 rings (SSSR count). The minimum atomic E-state index is -1.17. The molecule has 2 aromatic carbocycles. The molecule has 0 N–H and O–H groups in total. The highest BCUT2D eigenvalue weighted by atomic mass is 16.7. The highest BCUT2D eigenvalue weighted by Gasteiger charge is 2.25. The monoisotopic (exact) mass is 436 g/mol. The fourth-order valence-corrected chi connectivity index (χ4v) is 2.40. The Kier molecular flexibility index (Phi) is 6.56. The van der Waals surface area contributed by atoms with Crippen LogP contribution >= 0.6 is 0 Å². The second kappa shape index (κ2) is 9.67. The van der Waals surface area contributed by atoms with Gasteiger partial charge in [0.1, 0.15) is 17.0 Å². The molecule has 0 heterocycles. The average Bonchev–Trinajstić information content (AvgIpc) is 2.81. The largest absolute Gasteiger partial charge is 0.372 e. The normalized spacial score (nSPS) is 12.1. The summed E-state index contributed by atoms with van der Waals surface area (Å²) >= 11 is 0. The summed E-state index contributed by atoms with van der Waals surface area (Å²) in [4.78, 5) is 53.6. The quantitative estimate of drug-likeness (QED) is 0.288. The Morgan fingerprint density at radius 3 is 1.84 bits per heavy atom. The zero-order valence-electron chi connectivity index (χ0n) is 16.0. The third-order valence-corrected chi connectivity index (χ3v) is 3.94. The van der Waals surface area contributed by atoms with Gasteiger partial charge in [0.15, 0.2) is 0 Å². The summed E-state index contributed by atoms with van der Waals surface area (Å²) in [5.74, 6) is -1.81. The van der Waals surface area contributed by atoms with Gasteiger partial charge in [-0.3, -0.25) is 20.2 Å². The lowest BCUT2D eigenvalue weighted by atomic mass is 10.1. The van der Waals surface area contributed by atoms with E-state index in [4.69, 9.17) is 9.68 Å². The Morgan fingerprint density at radius 2 is 1.31 bits per heavy atom. The first-order chi connectivity index (χ1) is 15.3. The van der Waals surface area contributed by atoms with Crippen LogP contribution in [0.4, 0.5) is 11.4 Å². The van der Waals surface area contributed by atoms with Crippen molar-refractivity contribution < 1.29 is 29.1 Å². The van der Waals surface area contributed by atoms with E-state index in [0.29, 0.717) is 11.6 Å². The minimum absolute atomic E-state index is 0.163. The van der Waals surface area contributed by atoms with E-state index < -0.39 is 38.7 Å². The summed E-state index contributed by atoms with van der Waals surface area (Å²) in [6, 6.07) is 10.8. The number of benzene rings is 2. The Morgan fingerprint density at radius 1 is 0.750 bits per heavy atom. The number of nitrogens with zero attached hydrogens (tertiary/aromatic N) is 4. The van der Waals surface area contributed by atoms with Crippen LogP contribution in [0.1, 0.15) is 20.7 Å². The highest BCUT2D eigenvalue weighted by molar-refractivity contribution is 6.18. The van der Waals surface area contributed by atoms with Crippen LogP contribution in [-0.4, -0.2) is 33.2 Å². The third-order valence-electron chi connectivity index (χ3n) is 3.94. The standard InChI is InChI=1S/C20H12N4O8/c25-19(13-4-2-1-3-5-13)31-21-14-6-8-15(9-7-14)22-32-20(26)17-11-10-16(23(27)28)12-18(17)24(29)30/h1-12H. The van der Waals surface area contributed by atoms with E-state index in [0.717, 1.165) is 12.1 Å². The molecule has 1 aliphatic carbocycles. The van der Waals surface area contributed by atoms with Crippen LogP contribution in [0.2, 0.25) is 0 Å². The van der Waals surface area contributed by atoms with E-state index in [1.165, 1.54) is 24.3 Å². The first-order valence-corrected chi connectivity index (χ1v) is 8.78. The topological polar surface area (TPSA) is 164 Å². The minimum Gasteiger partial charge on any atom is -0.312 e. The lowest BCUT2D eigenvalue weighted by Crippen LogP contribution is -2.08. The molecule has 2 aromatic rings. The number of oxime groups is 2. The molecule has 0 aromatic heterocycles. The number of nitro groups is 2. The van der Waals surface area contributed by atoms with Gasteiger partial charge in [0.25, 0.3) is 11.4 Å². The zero-order valence-corrected chi connectivity index (χ0v) is 16.0. The second-order valence-electron chi connectivity index (χ2n) is 6.04. The third kappa shape index (κ3) is 5.33. The maximum atomic E-state index is 12.1. The zero-order chi connectivity index (χ0) is 23.1. The number of hydrogen-bond acceptors (Lipinski definition) is 10. The number of carbonyl (C=O) groups excluding carboxylic acids is 2. The fraction of sp³-hybridized carbons (Fsp3) is 0. The number of carbonyl (C=O) groups is 2. The molecule has 0 radical (unpaired) electrons. The van der Waals surface area contributed by atoms with Gasteiger partial charge in [0.05, 0.1) is 21.5 Å². The molecule has 0 spiro atoms. The summed E-state index contributed by atoms with van der Waals surface area (Å²) in [5.41, 5.74) is -1.05. The van der Waals surface area contributed by atoms with Gasteiger partial charge < -0.3 is 9.68 Å². The van der Waals surface area contributed by atoms with Gasteiger partial charge in [-0.05, 0) is 42.5 Å². The van der Waals surface area contributed by atoms with Crippen molar-refractivity contribution in [1.29, 1.82) is 0 Å². The predicted molar refractivity (Wildman–Crippen MR) is 110 cm³/mol. The second-order valence-corrected chi connectivity index (χ2v) is 6.04. The summed E-state index contributed by atoms with van der Waals surface area (Å²) in [5, 5.41) is 29.1. The van der Waals surface area contributed by atoms with Crippen molar-refractivity contribution in [3.63, 3.8) is 0 Å². The van der Waals surface area contributed by atoms with Gasteiger partial charge in [-0.25, -0.2) is 9.59 Å². The van der Waals surface area contributed by atoms with E-state index >= 15 is 0 Å². The fourth-order valence-electron chi connectivity index (χ4n) is 2.40. The number of hydrogen-bond donors (Lipinski definition) is 0. The van der Waals surface area contributed by atoms with Crippen LogP contribution in [-0.2, 0) is 9.68 Å². The molecule has 1 aliphatic rings. The Balaban J connectivity index is 1.64. The van der Waals surface area contributed by atoms with E-state index in [2.05, 4.69) is 10.3 Å². The van der Waals surface area contributed by atoms with Gasteiger partial charge in [0, 0.05) is 6.07 Å². The van der Waals surface area contributed by atoms with Crippen molar-refractivity contribution in [1.82, 2.24) is 0 Å². The summed E-state index contributed by atoms with van der Waals surface area (Å²) in [6.45, 7) is 0. The highest BCUT2D eigenvalue weighted by Crippen LogP contribution is 2.25. The van der Waals surface area contributed by atoms with Crippen molar-refractivity contribution in [2.75, 3.05) is 0 Å². The first-order valence-electron chi connectivity index (χ1n) is 8.78. The van der Waals surface area contributed by atoms with Crippen LogP contribution in [0.3, 0.4) is 0 Å². The van der Waals surface area contributed by atoms with E-state index in [9.17, 15) is 29.8 Å². The molecular formula is C20H12N4O8. The van der Waals surface area contributed by atoms with Crippen LogP contribution in [0.15, 0.2) is 83.1 Å². The Hall–Kier alpha value is -5.00. The van der Waals surface area contributed by atoms with Crippen LogP contribution in [0, 0.1) is 20.2 Å². The van der Waals surface area contributed by atoms with Crippen molar-refractivity contribution in [3.8, 4) is 0 Å². The first kappa shape index (κ1) is 21.7. The maximum absolute atomic E-state index is 12.1.